The zero-order valence-corrected chi connectivity index (χ0v) is 12.6. The molecule has 0 unspecified atom stereocenters. The summed E-state index contributed by atoms with van der Waals surface area (Å²) in [6.45, 7) is 0.983. The number of rotatable bonds is 4. The SMILES string of the molecule is CN(C)C[C@@H](C1CCC(O)CC1)C1(O)CCCCC1. The lowest BCUT2D eigenvalue weighted by Gasteiger charge is -2.45. The average molecular weight is 269 g/mol. The van der Waals surface area contributed by atoms with Gasteiger partial charge >= 0.3 is 0 Å². The fourth-order valence-electron chi connectivity index (χ4n) is 4.19. The van der Waals surface area contributed by atoms with Crippen molar-refractivity contribution in [2.45, 2.75) is 69.5 Å². The summed E-state index contributed by atoms with van der Waals surface area (Å²) < 4.78 is 0. The van der Waals surface area contributed by atoms with Crippen molar-refractivity contribution in [3.8, 4) is 0 Å². The van der Waals surface area contributed by atoms with Crippen molar-refractivity contribution in [3.05, 3.63) is 0 Å². The van der Waals surface area contributed by atoms with Gasteiger partial charge in [-0.1, -0.05) is 19.3 Å². The predicted molar refractivity (Wildman–Crippen MR) is 78.0 cm³/mol. The van der Waals surface area contributed by atoms with E-state index in [4.69, 9.17) is 0 Å². The van der Waals surface area contributed by atoms with Gasteiger partial charge in [-0.05, 0) is 58.5 Å². The molecule has 0 radical (unpaired) electrons. The Bertz CT molecular complexity index is 266. The second-order valence-corrected chi connectivity index (χ2v) is 7.10. The topological polar surface area (TPSA) is 43.7 Å². The van der Waals surface area contributed by atoms with Crippen LogP contribution >= 0.6 is 0 Å². The van der Waals surface area contributed by atoms with Gasteiger partial charge in [0.05, 0.1) is 11.7 Å². The largest absolute Gasteiger partial charge is 0.393 e. The quantitative estimate of drug-likeness (QED) is 0.824. The standard InChI is InChI=1S/C16H31NO2/c1-17(2)12-15(13-6-8-14(18)9-7-13)16(19)10-4-3-5-11-16/h13-15,18-19H,3-12H2,1-2H3/t13?,14?,15-/m0/s1. The van der Waals surface area contributed by atoms with E-state index < -0.39 is 5.60 Å². The lowest BCUT2D eigenvalue weighted by atomic mass is 9.66. The molecule has 112 valence electrons. The zero-order valence-electron chi connectivity index (χ0n) is 12.6. The number of hydrogen-bond donors (Lipinski definition) is 2. The molecule has 0 aromatic rings. The first-order chi connectivity index (χ1) is 9.01. The number of aliphatic hydroxyl groups is 2. The van der Waals surface area contributed by atoms with Gasteiger partial charge in [-0.3, -0.25) is 0 Å². The van der Waals surface area contributed by atoms with Gasteiger partial charge in [0.15, 0.2) is 0 Å². The van der Waals surface area contributed by atoms with Crippen molar-refractivity contribution >= 4 is 0 Å². The van der Waals surface area contributed by atoms with Crippen molar-refractivity contribution in [3.63, 3.8) is 0 Å². The van der Waals surface area contributed by atoms with Crippen molar-refractivity contribution in [1.29, 1.82) is 0 Å². The average Bonchev–Trinajstić information content (AvgIpc) is 2.38. The van der Waals surface area contributed by atoms with Crippen LogP contribution in [0.4, 0.5) is 0 Å². The van der Waals surface area contributed by atoms with Gasteiger partial charge in [-0.25, -0.2) is 0 Å². The third-order valence-corrected chi connectivity index (χ3v) is 5.28. The monoisotopic (exact) mass is 269 g/mol. The van der Waals surface area contributed by atoms with Gasteiger partial charge < -0.3 is 15.1 Å². The van der Waals surface area contributed by atoms with Crippen molar-refractivity contribution in [2.75, 3.05) is 20.6 Å². The first-order valence-corrected chi connectivity index (χ1v) is 8.06. The van der Waals surface area contributed by atoms with E-state index in [0.717, 1.165) is 45.1 Å². The van der Waals surface area contributed by atoms with E-state index in [0.29, 0.717) is 11.8 Å². The molecule has 3 nitrogen and oxygen atoms in total. The molecule has 0 aliphatic heterocycles. The Hall–Kier alpha value is -0.120. The smallest absolute Gasteiger partial charge is 0.0690 e. The van der Waals surface area contributed by atoms with E-state index in [1.165, 1.54) is 19.3 Å². The predicted octanol–water partition coefficient (Wildman–Crippen LogP) is 2.41. The van der Waals surface area contributed by atoms with Crippen LogP contribution in [0.1, 0.15) is 57.8 Å². The molecule has 2 N–H and O–H groups in total. The Morgan fingerprint density at radius 1 is 1.05 bits per heavy atom. The third kappa shape index (κ3) is 3.93. The molecule has 3 heteroatoms. The highest BCUT2D eigenvalue weighted by Gasteiger charge is 2.42. The highest BCUT2D eigenvalue weighted by atomic mass is 16.3. The fraction of sp³-hybridized carbons (Fsp3) is 1.00. The van der Waals surface area contributed by atoms with E-state index in [1.54, 1.807) is 0 Å². The molecule has 1 atom stereocenters. The Kier molecular flexibility index (Phi) is 5.27. The van der Waals surface area contributed by atoms with Crippen LogP contribution < -0.4 is 0 Å². The highest BCUT2D eigenvalue weighted by molar-refractivity contribution is 4.94. The molecule has 0 amide bonds. The van der Waals surface area contributed by atoms with E-state index in [1.807, 2.05) is 0 Å². The summed E-state index contributed by atoms with van der Waals surface area (Å²) in [7, 11) is 4.22. The van der Waals surface area contributed by atoms with Crippen LogP contribution in [0.5, 0.6) is 0 Å². The second kappa shape index (κ2) is 6.55. The van der Waals surface area contributed by atoms with Crippen LogP contribution in [0.25, 0.3) is 0 Å². The maximum absolute atomic E-state index is 11.1. The maximum Gasteiger partial charge on any atom is 0.0690 e. The summed E-state index contributed by atoms with van der Waals surface area (Å²) in [5.74, 6) is 0.976. The normalized spacial score (nSPS) is 33.3. The zero-order chi connectivity index (χ0) is 13.9. The molecule has 0 aromatic carbocycles. The van der Waals surface area contributed by atoms with Gasteiger partial charge in [-0.15, -0.1) is 0 Å². The van der Waals surface area contributed by atoms with Crippen molar-refractivity contribution in [1.82, 2.24) is 4.90 Å². The molecule has 0 heterocycles. The van der Waals surface area contributed by atoms with Crippen LogP contribution in [-0.2, 0) is 0 Å². The van der Waals surface area contributed by atoms with Gasteiger partial charge in [0, 0.05) is 12.5 Å². The maximum atomic E-state index is 11.1. The Balaban J connectivity index is 2.06. The molecule has 0 aromatic heterocycles. The molecular weight excluding hydrogens is 238 g/mol. The summed E-state index contributed by atoms with van der Waals surface area (Å²) >= 11 is 0. The van der Waals surface area contributed by atoms with Gasteiger partial charge in [0.25, 0.3) is 0 Å². The van der Waals surface area contributed by atoms with Gasteiger partial charge in [0.1, 0.15) is 0 Å². The molecular formula is C16H31NO2. The van der Waals surface area contributed by atoms with E-state index in [2.05, 4.69) is 19.0 Å². The van der Waals surface area contributed by atoms with Crippen LogP contribution in [0.15, 0.2) is 0 Å². The van der Waals surface area contributed by atoms with Crippen LogP contribution in [0.3, 0.4) is 0 Å². The van der Waals surface area contributed by atoms with E-state index in [9.17, 15) is 10.2 Å². The summed E-state index contributed by atoms with van der Waals surface area (Å²) in [5.41, 5.74) is -0.449. The van der Waals surface area contributed by atoms with E-state index in [-0.39, 0.29) is 6.10 Å². The summed E-state index contributed by atoms with van der Waals surface area (Å²) in [6.07, 6.45) is 9.50. The Morgan fingerprint density at radius 3 is 2.16 bits per heavy atom. The molecule has 2 saturated carbocycles. The Morgan fingerprint density at radius 2 is 1.63 bits per heavy atom. The molecule has 0 spiro atoms. The molecule has 19 heavy (non-hydrogen) atoms. The summed E-state index contributed by atoms with van der Waals surface area (Å²) in [5, 5.41) is 20.8. The molecule has 2 fully saturated rings. The first-order valence-electron chi connectivity index (χ1n) is 8.06. The number of nitrogens with zero attached hydrogens (tertiary/aromatic N) is 1. The lowest BCUT2D eigenvalue weighted by molar-refractivity contribution is -0.0871. The van der Waals surface area contributed by atoms with Crippen LogP contribution in [-0.4, -0.2) is 47.5 Å². The van der Waals surface area contributed by atoms with Gasteiger partial charge in [-0.2, -0.15) is 0 Å². The lowest BCUT2D eigenvalue weighted by Crippen LogP contribution is -2.49. The Labute approximate surface area is 118 Å². The third-order valence-electron chi connectivity index (χ3n) is 5.28. The van der Waals surface area contributed by atoms with Gasteiger partial charge in [0.2, 0.25) is 0 Å². The summed E-state index contributed by atoms with van der Waals surface area (Å²) in [6, 6.07) is 0. The number of aliphatic hydroxyl groups excluding tert-OH is 1. The first kappa shape index (κ1) is 15.3. The molecule has 2 aliphatic rings. The minimum atomic E-state index is -0.449. The second-order valence-electron chi connectivity index (χ2n) is 7.10. The van der Waals surface area contributed by atoms with Crippen molar-refractivity contribution in [2.24, 2.45) is 11.8 Å². The molecule has 0 saturated heterocycles. The molecule has 2 rings (SSSR count). The molecule has 0 bridgehead atoms. The van der Waals surface area contributed by atoms with Crippen LogP contribution in [0, 0.1) is 11.8 Å². The summed E-state index contributed by atoms with van der Waals surface area (Å²) in [4.78, 5) is 2.22. The minimum absolute atomic E-state index is 0.0998. The van der Waals surface area contributed by atoms with Crippen molar-refractivity contribution < 1.29 is 10.2 Å². The van der Waals surface area contributed by atoms with Crippen LogP contribution in [0.2, 0.25) is 0 Å². The van der Waals surface area contributed by atoms with E-state index >= 15 is 0 Å². The molecule has 2 aliphatic carbocycles. The fourth-order valence-corrected chi connectivity index (χ4v) is 4.19. The highest BCUT2D eigenvalue weighted by Crippen LogP contribution is 2.42. The minimum Gasteiger partial charge on any atom is -0.393 e. The number of hydrogen-bond acceptors (Lipinski definition) is 3.